The Bertz CT molecular complexity index is 509. The highest BCUT2D eigenvalue weighted by Crippen LogP contribution is 2.22. The molecular weight excluding hydrogens is 240 g/mol. The van der Waals surface area contributed by atoms with E-state index in [9.17, 15) is 9.90 Å². The van der Waals surface area contributed by atoms with Gasteiger partial charge in [-0.15, -0.1) is 0 Å². The minimum absolute atomic E-state index is 0.0249. The van der Waals surface area contributed by atoms with Gasteiger partial charge in [0.1, 0.15) is 5.75 Å². The zero-order valence-electron chi connectivity index (χ0n) is 11.4. The Balaban J connectivity index is 2.09. The molecule has 1 fully saturated rings. The summed E-state index contributed by atoms with van der Waals surface area (Å²) in [5.74, 6) is 0.100. The summed E-state index contributed by atoms with van der Waals surface area (Å²) >= 11 is 0. The standard InChI is InChI=1S/C15H20N2O2/c1-10-6-3-4-9-13(10)16-17-15(19)12-8-5-7-11(2)14(12)18/h5,7-8,10,18H,3-4,6,9H2,1-2H3,(H,17,19)/b16-13+. The number of carbonyl (C=O) groups is 1. The summed E-state index contributed by atoms with van der Waals surface area (Å²) in [6, 6.07) is 5.11. The number of phenolic OH excluding ortho intramolecular Hbond substituents is 1. The Morgan fingerprint density at radius 1 is 1.42 bits per heavy atom. The normalized spacial score (nSPS) is 21.4. The van der Waals surface area contributed by atoms with E-state index < -0.39 is 0 Å². The molecule has 0 saturated heterocycles. The van der Waals surface area contributed by atoms with Crippen LogP contribution in [0, 0.1) is 12.8 Å². The van der Waals surface area contributed by atoms with Crippen LogP contribution in [0.5, 0.6) is 5.75 Å². The lowest BCUT2D eigenvalue weighted by atomic mass is 9.89. The lowest BCUT2D eigenvalue weighted by Gasteiger charge is -2.19. The first-order valence-electron chi connectivity index (χ1n) is 6.75. The van der Waals surface area contributed by atoms with Crippen molar-refractivity contribution >= 4 is 11.6 Å². The molecule has 1 aromatic rings. The van der Waals surface area contributed by atoms with Crippen molar-refractivity contribution in [1.82, 2.24) is 5.43 Å². The van der Waals surface area contributed by atoms with Gasteiger partial charge < -0.3 is 5.11 Å². The van der Waals surface area contributed by atoms with Crippen molar-refractivity contribution in [2.45, 2.75) is 39.5 Å². The molecule has 19 heavy (non-hydrogen) atoms. The zero-order chi connectivity index (χ0) is 13.8. The van der Waals surface area contributed by atoms with Crippen molar-refractivity contribution in [3.05, 3.63) is 29.3 Å². The monoisotopic (exact) mass is 260 g/mol. The van der Waals surface area contributed by atoms with Crippen LogP contribution >= 0.6 is 0 Å². The van der Waals surface area contributed by atoms with Gasteiger partial charge >= 0.3 is 0 Å². The minimum atomic E-state index is -0.355. The number of hydrogen-bond acceptors (Lipinski definition) is 3. The number of nitrogens with zero attached hydrogens (tertiary/aromatic N) is 1. The second-order valence-electron chi connectivity index (χ2n) is 5.16. The van der Waals surface area contributed by atoms with Gasteiger partial charge in [0.15, 0.2) is 0 Å². The van der Waals surface area contributed by atoms with Crippen molar-refractivity contribution in [2.75, 3.05) is 0 Å². The number of aromatic hydroxyl groups is 1. The molecule has 1 aliphatic rings. The Labute approximate surface area is 113 Å². The highest BCUT2D eigenvalue weighted by molar-refractivity contribution is 5.98. The summed E-state index contributed by atoms with van der Waals surface area (Å²) in [7, 11) is 0. The van der Waals surface area contributed by atoms with Gasteiger partial charge in [-0.05, 0) is 43.7 Å². The third kappa shape index (κ3) is 3.13. The molecule has 1 unspecified atom stereocenters. The van der Waals surface area contributed by atoms with Gasteiger partial charge in [-0.2, -0.15) is 5.10 Å². The number of phenols is 1. The number of hydrazone groups is 1. The first-order valence-corrected chi connectivity index (χ1v) is 6.75. The lowest BCUT2D eigenvalue weighted by molar-refractivity contribution is 0.0951. The van der Waals surface area contributed by atoms with Crippen LogP contribution in [0.4, 0.5) is 0 Å². The topological polar surface area (TPSA) is 61.7 Å². The lowest BCUT2D eigenvalue weighted by Crippen LogP contribution is -2.24. The fraction of sp³-hybridized carbons (Fsp3) is 0.467. The zero-order valence-corrected chi connectivity index (χ0v) is 11.4. The Hall–Kier alpha value is -1.84. The molecule has 1 saturated carbocycles. The molecule has 4 heteroatoms. The van der Waals surface area contributed by atoms with E-state index in [0.29, 0.717) is 11.5 Å². The average Bonchev–Trinajstić information content (AvgIpc) is 2.40. The van der Waals surface area contributed by atoms with Gasteiger partial charge in [-0.25, -0.2) is 5.43 Å². The van der Waals surface area contributed by atoms with Crippen LogP contribution < -0.4 is 5.43 Å². The summed E-state index contributed by atoms with van der Waals surface area (Å²) in [6.45, 7) is 3.90. The van der Waals surface area contributed by atoms with Crippen molar-refractivity contribution in [1.29, 1.82) is 0 Å². The van der Waals surface area contributed by atoms with E-state index >= 15 is 0 Å². The molecule has 2 rings (SSSR count). The molecule has 0 aliphatic heterocycles. The third-order valence-electron chi connectivity index (χ3n) is 3.67. The molecule has 2 N–H and O–H groups in total. The molecular formula is C15H20N2O2. The molecule has 0 bridgehead atoms. The molecule has 0 heterocycles. The van der Waals surface area contributed by atoms with Crippen LogP contribution in [0.3, 0.4) is 0 Å². The Morgan fingerprint density at radius 3 is 2.95 bits per heavy atom. The highest BCUT2D eigenvalue weighted by atomic mass is 16.3. The van der Waals surface area contributed by atoms with Gasteiger partial charge in [0.05, 0.1) is 5.56 Å². The van der Waals surface area contributed by atoms with Gasteiger partial charge in [-0.1, -0.05) is 25.5 Å². The molecule has 1 aromatic carbocycles. The molecule has 102 valence electrons. The van der Waals surface area contributed by atoms with Crippen LogP contribution in [0.1, 0.15) is 48.5 Å². The van der Waals surface area contributed by atoms with Crippen LogP contribution in [0.15, 0.2) is 23.3 Å². The number of aryl methyl sites for hydroxylation is 1. The highest BCUT2D eigenvalue weighted by Gasteiger charge is 2.17. The maximum atomic E-state index is 12.0. The van der Waals surface area contributed by atoms with E-state index in [2.05, 4.69) is 17.5 Å². The number of amides is 1. The first kappa shape index (κ1) is 13.6. The molecule has 1 aliphatic carbocycles. The second-order valence-corrected chi connectivity index (χ2v) is 5.16. The van der Waals surface area contributed by atoms with Crippen molar-refractivity contribution in [2.24, 2.45) is 11.0 Å². The molecule has 1 atom stereocenters. The largest absolute Gasteiger partial charge is 0.507 e. The van der Waals surface area contributed by atoms with E-state index in [4.69, 9.17) is 0 Å². The van der Waals surface area contributed by atoms with Crippen molar-refractivity contribution < 1.29 is 9.90 Å². The number of benzene rings is 1. The van der Waals surface area contributed by atoms with Crippen LogP contribution in [-0.2, 0) is 0 Å². The maximum Gasteiger partial charge on any atom is 0.275 e. The Morgan fingerprint density at radius 2 is 2.21 bits per heavy atom. The van der Waals surface area contributed by atoms with Gasteiger partial charge in [0, 0.05) is 5.71 Å². The molecule has 0 spiro atoms. The fourth-order valence-corrected chi connectivity index (χ4v) is 2.36. The quantitative estimate of drug-likeness (QED) is 0.803. The van der Waals surface area contributed by atoms with Gasteiger partial charge in [-0.3, -0.25) is 4.79 Å². The van der Waals surface area contributed by atoms with Crippen molar-refractivity contribution in [3.63, 3.8) is 0 Å². The second kappa shape index (κ2) is 5.87. The average molecular weight is 260 g/mol. The minimum Gasteiger partial charge on any atom is -0.507 e. The SMILES string of the molecule is Cc1cccc(C(=O)N/N=C2\CCCCC2C)c1O. The predicted molar refractivity (Wildman–Crippen MR) is 75.4 cm³/mol. The van der Waals surface area contributed by atoms with Crippen molar-refractivity contribution in [3.8, 4) is 5.75 Å². The summed E-state index contributed by atoms with van der Waals surface area (Å²) in [6.07, 6.45) is 4.44. The first-order chi connectivity index (χ1) is 9.09. The summed E-state index contributed by atoms with van der Waals surface area (Å²) < 4.78 is 0. The number of hydrogen-bond donors (Lipinski definition) is 2. The number of nitrogens with one attached hydrogen (secondary N) is 1. The summed E-state index contributed by atoms with van der Waals surface area (Å²) in [5.41, 5.74) is 4.56. The number of carbonyl (C=O) groups excluding carboxylic acids is 1. The summed E-state index contributed by atoms with van der Waals surface area (Å²) in [4.78, 5) is 12.0. The van der Waals surface area contributed by atoms with E-state index in [1.807, 2.05) is 0 Å². The molecule has 1 amide bonds. The van der Waals surface area contributed by atoms with E-state index in [1.54, 1.807) is 25.1 Å². The fourth-order valence-electron chi connectivity index (χ4n) is 2.36. The predicted octanol–water partition coefficient (Wildman–Crippen LogP) is 3.00. The van der Waals surface area contributed by atoms with E-state index in [1.165, 1.54) is 6.42 Å². The van der Waals surface area contributed by atoms with Gasteiger partial charge in [0.2, 0.25) is 0 Å². The summed E-state index contributed by atoms with van der Waals surface area (Å²) in [5, 5.41) is 14.1. The number of rotatable bonds is 2. The maximum absolute atomic E-state index is 12.0. The van der Waals surface area contributed by atoms with E-state index in [0.717, 1.165) is 25.0 Å². The van der Waals surface area contributed by atoms with E-state index in [-0.39, 0.29) is 17.2 Å². The molecule has 0 aromatic heterocycles. The van der Waals surface area contributed by atoms with Crippen LogP contribution in [0.25, 0.3) is 0 Å². The van der Waals surface area contributed by atoms with Gasteiger partial charge in [0.25, 0.3) is 5.91 Å². The molecule has 0 radical (unpaired) electrons. The van der Waals surface area contributed by atoms with Crippen LogP contribution in [-0.4, -0.2) is 16.7 Å². The van der Waals surface area contributed by atoms with Crippen LogP contribution in [0.2, 0.25) is 0 Å². The molecule has 4 nitrogen and oxygen atoms in total. The number of para-hydroxylation sites is 1. The third-order valence-corrected chi connectivity index (χ3v) is 3.67. The Kier molecular flexibility index (Phi) is 4.20. The smallest absolute Gasteiger partial charge is 0.275 e.